The predicted molar refractivity (Wildman–Crippen MR) is 73.6 cm³/mol. The monoisotopic (exact) mass is 285 g/mol. The summed E-state index contributed by atoms with van der Waals surface area (Å²) in [7, 11) is 0. The van der Waals surface area contributed by atoms with E-state index >= 15 is 0 Å². The molecule has 0 radical (unpaired) electrons. The van der Waals surface area contributed by atoms with E-state index in [9.17, 15) is 4.39 Å². The number of hydrogen-bond donors (Lipinski definition) is 1. The van der Waals surface area contributed by atoms with Gasteiger partial charge in [-0.25, -0.2) is 9.37 Å². The van der Waals surface area contributed by atoms with Crippen LogP contribution in [0, 0.1) is 5.82 Å². The Balaban J connectivity index is 1.84. The lowest BCUT2D eigenvalue weighted by atomic mass is 9.98. The van der Waals surface area contributed by atoms with Crippen molar-refractivity contribution >= 4 is 11.6 Å². The molecule has 0 amide bonds. The van der Waals surface area contributed by atoms with Crippen LogP contribution in [0.5, 0.6) is 5.75 Å². The molecule has 3 heterocycles. The van der Waals surface area contributed by atoms with E-state index in [0.29, 0.717) is 36.6 Å². The molecule has 2 N–H and O–H groups in total. The van der Waals surface area contributed by atoms with Gasteiger partial charge in [-0.1, -0.05) is 0 Å². The number of hydrogen-bond acceptors (Lipinski definition) is 5. The van der Waals surface area contributed by atoms with Crippen molar-refractivity contribution in [3.05, 3.63) is 47.2 Å². The zero-order valence-electron chi connectivity index (χ0n) is 11.1. The summed E-state index contributed by atoms with van der Waals surface area (Å²) in [6, 6.07) is 3.11. The molecule has 21 heavy (non-hydrogen) atoms. The second kappa shape index (κ2) is 4.41. The lowest BCUT2D eigenvalue weighted by Gasteiger charge is -2.09. The molecule has 0 fully saturated rings. The predicted octanol–water partition coefficient (Wildman–Crippen LogP) is 1.37. The third-order valence-corrected chi connectivity index (χ3v) is 3.74. The average molecular weight is 285 g/mol. The van der Waals surface area contributed by atoms with Gasteiger partial charge in [0.1, 0.15) is 17.9 Å². The van der Waals surface area contributed by atoms with Crippen molar-refractivity contribution in [3.8, 4) is 5.75 Å². The maximum Gasteiger partial charge on any atom is 0.207 e. The first-order valence-electron chi connectivity index (χ1n) is 6.60. The first-order valence-corrected chi connectivity index (χ1v) is 6.60. The summed E-state index contributed by atoms with van der Waals surface area (Å²) in [5, 5.41) is 7.87. The van der Waals surface area contributed by atoms with Crippen LogP contribution in [-0.2, 0) is 12.8 Å². The fraction of sp³-hybridized carbons (Fsp3) is 0.214. The van der Waals surface area contributed by atoms with Crippen molar-refractivity contribution in [2.45, 2.75) is 12.8 Å². The van der Waals surface area contributed by atoms with Crippen LogP contribution in [0.1, 0.15) is 16.7 Å². The molecule has 3 aromatic rings. The normalized spacial score (nSPS) is 13.4. The molecule has 2 aromatic heterocycles. The molecule has 0 spiro atoms. The highest BCUT2D eigenvalue weighted by atomic mass is 19.1. The van der Waals surface area contributed by atoms with Gasteiger partial charge in [0, 0.05) is 30.2 Å². The van der Waals surface area contributed by atoms with Crippen LogP contribution in [0.2, 0.25) is 0 Å². The Kier molecular flexibility index (Phi) is 2.53. The molecule has 0 bridgehead atoms. The lowest BCUT2D eigenvalue weighted by molar-refractivity contribution is 0.356. The molecule has 0 saturated carbocycles. The van der Waals surface area contributed by atoms with Gasteiger partial charge in [-0.3, -0.25) is 4.40 Å². The van der Waals surface area contributed by atoms with Gasteiger partial charge >= 0.3 is 0 Å². The first-order chi connectivity index (χ1) is 10.2. The first kappa shape index (κ1) is 12.1. The molecule has 7 heteroatoms. The highest BCUT2D eigenvalue weighted by Crippen LogP contribution is 2.32. The van der Waals surface area contributed by atoms with Crippen LogP contribution in [-0.4, -0.2) is 26.2 Å². The van der Waals surface area contributed by atoms with Crippen molar-refractivity contribution in [2.24, 2.45) is 0 Å². The summed E-state index contributed by atoms with van der Waals surface area (Å²) in [6.45, 7) is 0.589. The topological polar surface area (TPSA) is 78.3 Å². The van der Waals surface area contributed by atoms with E-state index in [1.165, 1.54) is 12.4 Å². The Morgan fingerprint density at radius 1 is 1.38 bits per heavy atom. The molecule has 0 aliphatic carbocycles. The summed E-state index contributed by atoms with van der Waals surface area (Å²) >= 11 is 0. The van der Waals surface area contributed by atoms with Crippen LogP contribution in [0.4, 0.5) is 10.3 Å². The number of halogens is 1. The summed E-state index contributed by atoms with van der Waals surface area (Å²) in [6.07, 6.45) is 4.21. The second-order valence-corrected chi connectivity index (χ2v) is 4.94. The maximum atomic E-state index is 14.2. The molecular weight excluding hydrogens is 273 g/mol. The van der Waals surface area contributed by atoms with Crippen LogP contribution >= 0.6 is 0 Å². The average Bonchev–Trinajstić information content (AvgIpc) is 3.13. The van der Waals surface area contributed by atoms with Gasteiger partial charge in [-0.2, -0.15) is 0 Å². The van der Waals surface area contributed by atoms with Crippen molar-refractivity contribution < 1.29 is 9.13 Å². The van der Waals surface area contributed by atoms with E-state index in [4.69, 9.17) is 10.5 Å². The van der Waals surface area contributed by atoms with Crippen molar-refractivity contribution in [2.75, 3.05) is 12.3 Å². The summed E-state index contributed by atoms with van der Waals surface area (Å²) < 4.78 is 21.3. The van der Waals surface area contributed by atoms with E-state index in [1.807, 2.05) is 0 Å². The Morgan fingerprint density at radius 2 is 2.29 bits per heavy atom. The Labute approximate surface area is 119 Å². The largest absolute Gasteiger partial charge is 0.493 e. The molecule has 0 saturated heterocycles. The minimum atomic E-state index is -0.242. The van der Waals surface area contributed by atoms with Gasteiger partial charge in [0.25, 0.3) is 0 Å². The van der Waals surface area contributed by atoms with E-state index in [2.05, 4.69) is 15.2 Å². The van der Waals surface area contributed by atoms with Crippen molar-refractivity contribution in [1.82, 2.24) is 19.6 Å². The second-order valence-electron chi connectivity index (χ2n) is 4.94. The Hall–Kier alpha value is -2.70. The molecule has 1 aromatic carbocycles. The third-order valence-electron chi connectivity index (χ3n) is 3.74. The summed E-state index contributed by atoms with van der Waals surface area (Å²) in [4.78, 5) is 4.11. The summed E-state index contributed by atoms with van der Waals surface area (Å²) in [5.74, 6) is 0.821. The summed E-state index contributed by atoms with van der Waals surface area (Å²) in [5.41, 5.74) is 8.68. The van der Waals surface area contributed by atoms with Gasteiger partial charge in [0.2, 0.25) is 5.95 Å². The maximum absolute atomic E-state index is 14.2. The van der Waals surface area contributed by atoms with Gasteiger partial charge in [0.15, 0.2) is 5.65 Å². The fourth-order valence-corrected chi connectivity index (χ4v) is 2.71. The van der Waals surface area contributed by atoms with Gasteiger partial charge in [-0.05, 0) is 17.7 Å². The van der Waals surface area contributed by atoms with Crippen LogP contribution in [0.3, 0.4) is 0 Å². The number of nitrogens with zero attached hydrogens (tertiary/aromatic N) is 4. The Morgan fingerprint density at radius 3 is 3.19 bits per heavy atom. The van der Waals surface area contributed by atoms with E-state index < -0.39 is 0 Å². The van der Waals surface area contributed by atoms with E-state index in [0.717, 1.165) is 16.9 Å². The van der Waals surface area contributed by atoms with Crippen LogP contribution in [0.25, 0.3) is 5.65 Å². The van der Waals surface area contributed by atoms with Gasteiger partial charge in [-0.15, -0.1) is 10.2 Å². The van der Waals surface area contributed by atoms with Gasteiger partial charge < -0.3 is 10.5 Å². The van der Waals surface area contributed by atoms with E-state index in [-0.39, 0.29) is 5.82 Å². The minimum Gasteiger partial charge on any atom is -0.493 e. The van der Waals surface area contributed by atoms with Crippen molar-refractivity contribution in [3.63, 3.8) is 0 Å². The fourth-order valence-electron chi connectivity index (χ4n) is 2.71. The third kappa shape index (κ3) is 1.81. The number of benzene rings is 1. The number of nitrogen functional groups attached to an aromatic ring is 1. The molecule has 1 aliphatic heterocycles. The molecule has 106 valence electrons. The number of aromatic nitrogens is 4. The molecule has 0 unspecified atom stereocenters. The zero-order chi connectivity index (χ0) is 14.4. The zero-order valence-corrected chi connectivity index (χ0v) is 11.1. The lowest BCUT2D eigenvalue weighted by Crippen LogP contribution is -2.05. The molecular formula is C14H12FN5O. The Bertz CT molecular complexity index is 845. The number of anilines is 1. The molecule has 6 nitrogen and oxygen atoms in total. The number of fused-ring (bicyclic) bond motifs is 2. The number of ether oxygens (including phenoxy) is 1. The SMILES string of the molecule is Nc1ncc(Cc2c(F)ccc3c2CCO3)c2nncn12. The van der Waals surface area contributed by atoms with Crippen molar-refractivity contribution in [1.29, 1.82) is 0 Å². The highest BCUT2D eigenvalue weighted by Gasteiger charge is 2.21. The number of rotatable bonds is 2. The quantitative estimate of drug-likeness (QED) is 0.769. The smallest absolute Gasteiger partial charge is 0.207 e. The standard InChI is InChI=1S/C14H12FN5O/c15-11-1-2-12-9(3-4-21-12)10(11)5-8-6-17-14(16)20-7-18-19-13(8)20/h1-2,6-7H,3-5H2,(H2,16,17). The van der Waals surface area contributed by atoms with Crippen LogP contribution in [0.15, 0.2) is 24.7 Å². The van der Waals surface area contributed by atoms with E-state index in [1.54, 1.807) is 16.7 Å². The number of nitrogens with two attached hydrogens (primary N) is 1. The van der Waals surface area contributed by atoms with Crippen LogP contribution < -0.4 is 10.5 Å². The molecule has 1 aliphatic rings. The molecule has 4 rings (SSSR count). The van der Waals surface area contributed by atoms with Gasteiger partial charge in [0.05, 0.1) is 6.61 Å². The molecule has 0 atom stereocenters. The minimum absolute atomic E-state index is 0.242. The highest BCUT2D eigenvalue weighted by molar-refractivity contribution is 5.53.